The van der Waals surface area contributed by atoms with Crippen LogP contribution in [0.15, 0.2) is 54.6 Å². The summed E-state index contributed by atoms with van der Waals surface area (Å²) in [4.78, 5) is 0. The molecular formula is C16H15NO. The average Bonchev–Trinajstić information content (AvgIpc) is 2.42. The molecule has 18 heavy (non-hydrogen) atoms. The molecular weight excluding hydrogens is 222 g/mol. The molecule has 0 saturated heterocycles. The first-order chi connectivity index (χ1) is 8.81. The summed E-state index contributed by atoms with van der Waals surface area (Å²) in [7, 11) is 0. The molecule has 2 aromatic carbocycles. The van der Waals surface area contributed by atoms with E-state index in [9.17, 15) is 5.11 Å². The lowest BCUT2D eigenvalue weighted by molar-refractivity contribution is 0.474. The van der Waals surface area contributed by atoms with E-state index in [0.29, 0.717) is 6.54 Å². The van der Waals surface area contributed by atoms with Crippen molar-refractivity contribution in [3.63, 3.8) is 0 Å². The fourth-order valence-corrected chi connectivity index (χ4v) is 1.90. The number of phenols is 1. The summed E-state index contributed by atoms with van der Waals surface area (Å²) >= 11 is 0. The van der Waals surface area contributed by atoms with Gasteiger partial charge in [-0.1, -0.05) is 48.4 Å². The predicted molar refractivity (Wildman–Crippen MR) is 73.2 cm³/mol. The minimum absolute atomic E-state index is 0.0443. The van der Waals surface area contributed by atoms with Crippen LogP contribution in [0.3, 0.4) is 0 Å². The molecule has 0 aliphatic heterocycles. The second-order valence-corrected chi connectivity index (χ2v) is 4.02. The van der Waals surface area contributed by atoms with E-state index < -0.39 is 0 Å². The normalized spacial score (nSPS) is 11.7. The molecule has 2 nitrogen and oxygen atoms in total. The Morgan fingerprint density at radius 3 is 2.22 bits per heavy atom. The Balaban J connectivity index is 2.31. The van der Waals surface area contributed by atoms with Crippen molar-refractivity contribution in [1.29, 1.82) is 0 Å². The largest absolute Gasteiger partial charge is 0.508 e. The van der Waals surface area contributed by atoms with Crippen molar-refractivity contribution >= 4 is 0 Å². The summed E-state index contributed by atoms with van der Waals surface area (Å²) in [6, 6.07) is 17.3. The number of hydrogen-bond acceptors (Lipinski definition) is 2. The molecule has 2 heteroatoms. The first-order valence-corrected chi connectivity index (χ1v) is 5.82. The van der Waals surface area contributed by atoms with Gasteiger partial charge in [-0.2, -0.15) is 0 Å². The molecule has 90 valence electrons. The van der Waals surface area contributed by atoms with E-state index in [1.54, 1.807) is 12.1 Å². The lowest BCUT2D eigenvalue weighted by Gasteiger charge is -2.18. The molecule has 1 atom stereocenters. The molecule has 2 N–H and O–H groups in total. The van der Waals surface area contributed by atoms with E-state index in [-0.39, 0.29) is 11.8 Å². The van der Waals surface area contributed by atoms with Crippen LogP contribution in [0.25, 0.3) is 0 Å². The van der Waals surface area contributed by atoms with Crippen LogP contribution in [0.2, 0.25) is 0 Å². The van der Waals surface area contributed by atoms with Crippen LogP contribution < -0.4 is 5.32 Å². The minimum atomic E-state index is 0.0443. The highest BCUT2D eigenvalue weighted by atomic mass is 16.3. The van der Waals surface area contributed by atoms with Gasteiger partial charge < -0.3 is 5.11 Å². The molecule has 0 radical (unpaired) electrons. The lowest BCUT2D eigenvalue weighted by Crippen LogP contribution is -2.22. The summed E-state index contributed by atoms with van der Waals surface area (Å²) in [6.07, 6.45) is 5.30. The van der Waals surface area contributed by atoms with Crippen LogP contribution in [0.4, 0.5) is 0 Å². The standard InChI is InChI=1S/C16H15NO/c1-2-12-17-16(13-6-4-3-5-7-13)14-8-10-15(18)11-9-14/h1,3-11,16-18H,12H2. The first kappa shape index (κ1) is 12.2. The number of nitrogens with one attached hydrogen (secondary N) is 1. The Morgan fingerprint density at radius 2 is 1.61 bits per heavy atom. The van der Waals surface area contributed by atoms with E-state index >= 15 is 0 Å². The summed E-state index contributed by atoms with van der Waals surface area (Å²) in [6.45, 7) is 0.500. The van der Waals surface area contributed by atoms with Gasteiger partial charge in [-0.25, -0.2) is 0 Å². The van der Waals surface area contributed by atoms with Crippen molar-refractivity contribution < 1.29 is 5.11 Å². The summed E-state index contributed by atoms with van der Waals surface area (Å²) in [5.74, 6) is 2.85. The third-order valence-electron chi connectivity index (χ3n) is 2.77. The zero-order valence-corrected chi connectivity index (χ0v) is 10.0. The smallest absolute Gasteiger partial charge is 0.115 e. The molecule has 0 aliphatic rings. The van der Waals surface area contributed by atoms with Crippen molar-refractivity contribution in [1.82, 2.24) is 5.32 Å². The highest BCUT2D eigenvalue weighted by Gasteiger charge is 2.12. The number of hydrogen-bond donors (Lipinski definition) is 2. The van der Waals surface area contributed by atoms with E-state index in [0.717, 1.165) is 11.1 Å². The predicted octanol–water partition coefficient (Wildman–Crippen LogP) is 2.70. The quantitative estimate of drug-likeness (QED) is 0.801. The van der Waals surface area contributed by atoms with E-state index in [2.05, 4.69) is 23.4 Å². The second kappa shape index (κ2) is 5.90. The van der Waals surface area contributed by atoms with Gasteiger partial charge in [0.25, 0.3) is 0 Å². The Morgan fingerprint density at radius 1 is 1.00 bits per heavy atom. The fraction of sp³-hybridized carbons (Fsp3) is 0.125. The van der Waals surface area contributed by atoms with Crippen molar-refractivity contribution in [3.8, 4) is 18.1 Å². The van der Waals surface area contributed by atoms with Gasteiger partial charge in [-0.05, 0) is 23.3 Å². The van der Waals surface area contributed by atoms with Crippen LogP contribution in [0.1, 0.15) is 17.2 Å². The highest BCUT2D eigenvalue weighted by Crippen LogP contribution is 2.23. The third-order valence-corrected chi connectivity index (χ3v) is 2.77. The lowest BCUT2D eigenvalue weighted by atomic mass is 9.98. The summed E-state index contributed by atoms with van der Waals surface area (Å²) < 4.78 is 0. The van der Waals surface area contributed by atoms with Crippen LogP contribution in [0.5, 0.6) is 5.75 Å². The molecule has 0 aliphatic carbocycles. The van der Waals surface area contributed by atoms with E-state index in [4.69, 9.17) is 6.42 Å². The van der Waals surface area contributed by atoms with Crippen LogP contribution in [-0.4, -0.2) is 11.7 Å². The molecule has 1 unspecified atom stereocenters. The van der Waals surface area contributed by atoms with E-state index in [1.807, 2.05) is 30.3 Å². The molecule has 0 fully saturated rings. The maximum atomic E-state index is 9.33. The number of phenolic OH excluding ortho intramolecular Hbond substituents is 1. The topological polar surface area (TPSA) is 32.3 Å². The Hall–Kier alpha value is -2.24. The van der Waals surface area contributed by atoms with Gasteiger partial charge in [0.2, 0.25) is 0 Å². The van der Waals surface area contributed by atoms with Gasteiger partial charge in [-0.15, -0.1) is 6.42 Å². The highest BCUT2D eigenvalue weighted by molar-refractivity contribution is 5.35. The maximum Gasteiger partial charge on any atom is 0.115 e. The van der Waals surface area contributed by atoms with E-state index in [1.165, 1.54) is 0 Å². The summed E-state index contributed by atoms with van der Waals surface area (Å²) in [5, 5.41) is 12.6. The molecule has 2 aromatic rings. The van der Waals surface area contributed by atoms with Crippen molar-refractivity contribution in [2.45, 2.75) is 6.04 Å². The third kappa shape index (κ3) is 2.91. The molecule has 2 rings (SSSR count). The van der Waals surface area contributed by atoms with Gasteiger partial charge >= 0.3 is 0 Å². The molecule has 0 spiro atoms. The zero-order chi connectivity index (χ0) is 12.8. The average molecular weight is 237 g/mol. The van der Waals surface area contributed by atoms with Crippen LogP contribution >= 0.6 is 0 Å². The van der Waals surface area contributed by atoms with Gasteiger partial charge in [-0.3, -0.25) is 5.32 Å². The summed E-state index contributed by atoms with van der Waals surface area (Å²) in [5.41, 5.74) is 2.23. The van der Waals surface area contributed by atoms with Crippen LogP contribution in [-0.2, 0) is 0 Å². The molecule has 0 saturated carbocycles. The number of benzene rings is 2. The number of aromatic hydroxyl groups is 1. The van der Waals surface area contributed by atoms with Gasteiger partial charge in [0.05, 0.1) is 12.6 Å². The molecule has 0 amide bonds. The van der Waals surface area contributed by atoms with Gasteiger partial charge in [0.1, 0.15) is 5.75 Å². The van der Waals surface area contributed by atoms with Crippen LogP contribution in [0, 0.1) is 12.3 Å². The van der Waals surface area contributed by atoms with Crippen molar-refractivity contribution in [2.24, 2.45) is 0 Å². The second-order valence-electron chi connectivity index (χ2n) is 4.02. The number of rotatable bonds is 4. The fourth-order valence-electron chi connectivity index (χ4n) is 1.90. The Kier molecular flexibility index (Phi) is 4.01. The number of terminal acetylenes is 1. The molecule has 0 bridgehead atoms. The van der Waals surface area contributed by atoms with Gasteiger partial charge in [0.15, 0.2) is 0 Å². The van der Waals surface area contributed by atoms with Crippen molar-refractivity contribution in [3.05, 3.63) is 65.7 Å². The molecule has 0 heterocycles. The monoisotopic (exact) mass is 237 g/mol. The Bertz CT molecular complexity index is 525. The van der Waals surface area contributed by atoms with Gasteiger partial charge in [0, 0.05) is 0 Å². The Labute approximate surface area is 107 Å². The first-order valence-electron chi connectivity index (χ1n) is 5.82. The SMILES string of the molecule is C#CCNC(c1ccccc1)c1ccc(O)cc1. The maximum absolute atomic E-state index is 9.33. The molecule has 0 aromatic heterocycles. The van der Waals surface area contributed by atoms with Crippen molar-refractivity contribution in [2.75, 3.05) is 6.54 Å². The minimum Gasteiger partial charge on any atom is -0.508 e. The zero-order valence-electron chi connectivity index (χ0n) is 10.0.